The minimum atomic E-state index is -4.04. The molecule has 11 heteroatoms. The molecule has 0 saturated carbocycles. The second-order valence-corrected chi connectivity index (χ2v) is 8.85. The van der Waals surface area contributed by atoms with E-state index >= 15 is 0 Å². The van der Waals surface area contributed by atoms with Gasteiger partial charge in [0.15, 0.2) is 11.5 Å². The van der Waals surface area contributed by atoms with E-state index in [4.69, 9.17) is 11.5 Å². The van der Waals surface area contributed by atoms with E-state index in [0.29, 0.717) is 11.3 Å². The predicted octanol–water partition coefficient (Wildman–Crippen LogP) is 3.29. The summed E-state index contributed by atoms with van der Waals surface area (Å²) >= 11 is 0. The number of guanidine groups is 1. The molecule has 1 heterocycles. The van der Waals surface area contributed by atoms with Gasteiger partial charge in [0, 0.05) is 5.69 Å². The van der Waals surface area contributed by atoms with Gasteiger partial charge in [0.05, 0.1) is 10.6 Å². The van der Waals surface area contributed by atoms with Crippen molar-refractivity contribution in [2.75, 3.05) is 4.90 Å². The fourth-order valence-corrected chi connectivity index (χ4v) is 4.33. The van der Waals surface area contributed by atoms with Crippen molar-refractivity contribution in [2.24, 2.45) is 26.1 Å². The number of benzene rings is 3. The monoisotopic (exact) mass is 476 g/mol. The second-order valence-electron chi connectivity index (χ2n) is 7.24. The van der Waals surface area contributed by atoms with Crippen LogP contribution in [-0.2, 0) is 14.8 Å². The molecule has 1 atom stereocenters. The SMILES string of the molecule is NC(N)=NS(=O)(=O)c1ccc(N=NC2=C(O)[C@@H](c3ccccc3)N(c3ccccc3)C2=O)cc1. The summed E-state index contributed by atoms with van der Waals surface area (Å²) in [5, 5.41) is 19.0. The Morgan fingerprint density at radius 2 is 1.44 bits per heavy atom. The molecule has 5 N–H and O–H groups in total. The highest BCUT2D eigenvalue weighted by Gasteiger charge is 2.42. The van der Waals surface area contributed by atoms with Crippen molar-refractivity contribution in [1.82, 2.24) is 0 Å². The van der Waals surface area contributed by atoms with Crippen LogP contribution < -0.4 is 16.4 Å². The number of aliphatic hydroxyl groups is 1. The van der Waals surface area contributed by atoms with Crippen molar-refractivity contribution < 1.29 is 18.3 Å². The Labute approximate surface area is 195 Å². The molecule has 3 aromatic rings. The lowest BCUT2D eigenvalue weighted by Crippen LogP contribution is -2.30. The van der Waals surface area contributed by atoms with Crippen molar-refractivity contribution in [3.05, 3.63) is 102 Å². The molecule has 0 radical (unpaired) electrons. The van der Waals surface area contributed by atoms with E-state index in [1.807, 2.05) is 24.3 Å². The zero-order valence-corrected chi connectivity index (χ0v) is 18.5. The molecule has 0 saturated heterocycles. The standard InChI is InChI=1S/C23H20N6O4S/c24-23(25)28-34(32,33)18-13-11-16(12-14-18)26-27-19-21(30)20(15-7-3-1-4-8-15)29(22(19)31)17-9-5-2-6-10-17/h1-14,20,30H,(H4,24,25,28)/t20-/m1/s1. The number of nitrogens with two attached hydrogens (primary N) is 2. The number of carbonyl (C=O) groups is 1. The summed E-state index contributed by atoms with van der Waals surface area (Å²) in [7, 11) is -4.04. The Hall–Kier alpha value is -4.51. The van der Waals surface area contributed by atoms with Gasteiger partial charge >= 0.3 is 0 Å². The molecule has 10 nitrogen and oxygen atoms in total. The summed E-state index contributed by atoms with van der Waals surface area (Å²) in [6, 6.07) is 22.5. The van der Waals surface area contributed by atoms with Crippen LogP contribution in [0, 0.1) is 0 Å². The van der Waals surface area contributed by atoms with Crippen LogP contribution in [0.5, 0.6) is 0 Å². The molecule has 4 rings (SSSR count). The highest BCUT2D eigenvalue weighted by Crippen LogP contribution is 2.40. The van der Waals surface area contributed by atoms with Gasteiger partial charge in [-0.1, -0.05) is 48.5 Å². The molecule has 1 amide bonds. The predicted molar refractivity (Wildman–Crippen MR) is 127 cm³/mol. The first kappa shape index (κ1) is 22.7. The molecule has 0 unspecified atom stereocenters. The Kier molecular flexibility index (Phi) is 6.11. The molecular weight excluding hydrogens is 456 g/mol. The fraction of sp³-hybridized carbons (Fsp3) is 0.0435. The van der Waals surface area contributed by atoms with Crippen molar-refractivity contribution in [1.29, 1.82) is 0 Å². The van der Waals surface area contributed by atoms with Crippen LogP contribution in [0.25, 0.3) is 0 Å². The molecule has 1 aliphatic heterocycles. The molecule has 1 aliphatic rings. The van der Waals surface area contributed by atoms with Crippen molar-refractivity contribution in [3.63, 3.8) is 0 Å². The summed E-state index contributed by atoms with van der Waals surface area (Å²) in [6.07, 6.45) is 0. The quantitative estimate of drug-likeness (QED) is 0.281. The van der Waals surface area contributed by atoms with Crippen LogP contribution in [-0.4, -0.2) is 25.4 Å². The summed E-state index contributed by atoms with van der Waals surface area (Å²) < 4.78 is 27.3. The van der Waals surface area contributed by atoms with Gasteiger partial charge in [-0.05, 0) is 42.0 Å². The Morgan fingerprint density at radius 3 is 2.03 bits per heavy atom. The molecule has 34 heavy (non-hydrogen) atoms. The summed E-state index contributed by atoms with van der Waals surface area (Å²) in [4.78, 5) is 14.6. The number of hydrogen-bond acceptors (Lipinski definition) is 6. The van der Waals surface area contributed by atoms with Crippen molar-refractivity contribution in [3.8, 4) is 0 Å². The van der Waals surface area contributed by atoms with E-state index in [-0.39, 0.29) is 22.0 Å². The Morgan fingerprint density at radius 1 is 0.853 bits per heavy atom. The lowest BCUT2D eigenvalue weighted by Gasteiger charge is -2.25. The van der Waals surface area contributed by atoms with E-state index in [2.05, 4.69) is 14.6 Å². The third kappa shape index (κ3) is 4.50. The second kappa shape index (κ2) is 9.16. The number of azo groups is 1. The number of para-hydroxylation sites is 1. The number of carbonyl (C=O) groups excluding carboxylic acids is 1. The van der Waals surface area contributed by atoms with Crippen molar-refractivity contribution in [2.45, 2.75) is 10.9 Å². The largest absolute Gasteiger partial charge is 0.507 e. The maximum atomic E-state index is 13.2. The van der Waals surface area contributed by atoms with Gasteiger partial charge in [-0.2, -0.15) is 13.5 Å². The minimum absolute atomic E-state index is 0.141. The number of nitrogens with zero attached hydrogens (tertiary/aromatic N) is 4. The number of aliphatic hydroxyl groups excluding tert-OH is 1. The number of anilines is 1. The first-order valence-corrected chi connectivity index (χ1v) is 11.5. The lowest BCUT2D eigenvalue weighted by molar-refractivity contribution is -0.114. The van der Waals surface area contributed by atoms with Crippen molar-refractivity contribution >= 4 is 33.3 Å². The minimum Gasteiger partial charge on any atom is -0.507 e. The molecule has 0 bridgehead atoms. The molecule has 172 valence electrons. The van der Waals surface area contributed by atoms with Gasteiger partial charge in [-0.3, -0.25) is 9.69 Å². The third-order valence-corrected chi connectivity index (χ3v) is 6.28. The molecule has 0 spiro atoms. The van der Waals surface area contributed by atoms with Gasteiger partial charge < -0.3 is 16.6 Å². The average Bonchev–Trinajstić information content (AvgIpc) is 3.07. The van der Waals surface area contributed by atoms with Gasteiger partial charge in [0.2, 0.25) is 5.96 Å². The van der Waals surface area contributed by atoms with Gasteiger partial charge in [-0.15, -0.1) is 9.51 Å². The molecule has 0 fully saturated rings. The summed E-state index contributed by atoms with van der Waals surface area (Å²) in [6.45, 7) is 0. The average molecular weight is 477 g/mol. The first-order chi connectivity index (χ1) is 16.3. The Balaban J connectivity index is 1.68. The first-order valence-electron chi connectivity index (χ1n) is 10.0. The molecule has 0 aromatic heterocycles. The summed E-state index contributed by atoms with van der Waals surface area (Å²) in [5.41, 5.74) is 11.6. The van der Waals surface area contributed by atoms with E-state index in [1.165, 1.54) is 29.2 Å². The summed E-state index contributed by atoms with van der Waals surface area (Å²) in [5.74, 6) is -1.34. The molecule has 0 aliphatic carbocycles. The lowest BCUT2D eigenvalue weighted by atomic mass is 10.0. The van der Waals surface area contributed by atoms with Crippen LogP contribution in [0.1, 0.15) is 11.6 Å². The maximum absolute atomic E-state index is 13.2. The third-order valence-electron chi connectivity index (χ3n) is 4.96. The number of rotatable bonds is 6. The highest BCUT2D eigenvalue weighted by molar-refractivity contribution is 7.90. The van der Waals surface area contributed by atoms with Crippen LogP contribution in [0.15, 0.2) is 116 Å². The fourth-order valence-electron chi connectivity index (χ4n) is 3.47. The van der Waals surface area contributed by atoms with Gasteiger partial charge in [0.25, 0.3) is 15.9 Å². The zero-order chi connectivity index (χ0) is 24.3. The van der Waals surface area contributed by atoms with Crippen LogP contribution in [0.2, 0.25) is 0 Å². The molecule has 3 aromatic carbocycles. The van der Waals surface area contributed by atoms with Crippen LogP contribution in [0.3, 0.4) is 0 Å². The molecular formula is C23H20N6O4S. The maximum Gasteiger partial charge on any atom is 0.285 e. The highest BCUT2D eigenvalue weighted by atomic mass is 32.2. The van der Waals surface area contributed by atoms with E-state index in [9.17, 15) is 18.3 Å². The van der Waals surface area contributed by atoms with Gasteiger partial charge in [0.1, 0.15) is 6.04 Å². The van der Waals surface area contributed by atoms with Crippen LogP contribution in [0.4, 0.5) is 11.4 Å². The number of hydrogen-bond donors (Lipinski definition) is 3. The topological polar surface area (TPSA) is 164 Å². The smallest absolute Gasteiger partial charge is 0.285 e. The zero-order valence-electron chi connectivity index (χ0n) is 17.7. The van der Waals surface area contributed by atoms with Gasteiger partial charge in [-0.25, -0.2) is 0 Å². The normalized spacial score (nSPS) is 16.3. The number of sulfonamides is 1. The van der Waals surface area contributed by atoms with E-state index in [1.54, 1.807) is 36.4 Å². The van der Waals surface area contributed by atoms with Crippen LogP contribution >= 0.6 is 0 Å². The van der Waals surface area contributed by atoms with E-state index in [0.717, 1.165) is 0 Å². The van der Waals surface area contributed by atoms with E-state index < -0.39 is 27.9 Å². The Bertz CT molecular complexity index is 1400. The number of amides is 1.